The third-order valence-electron chi connectivity index (χ3n) is 2.16. The molecule has 14 heavy (non-hydrogen) atoms. The van der Waals surface area contributed by atoms with E-state index in [1.807, 2.05) is 17.8 Å². The highest BCUT2D eigenvalue weighted by Gasteiger charge is 2.16. The van der Waals surface area contributed by atoms with E-state index in [9.17, 15) is 0 Å². The van der Waals surface area contributed by atoms with Crippen molar-refractivity contribution in [3.8, 4) is 0 Å². The zero-order valence-electron chi connectivity index (χ0n) is 9.17. The molecule has 0 unspecified atom stereocenters. The van der Waals surface area contributed by atoms with E-state index in [0.717, 1.165) is 23.7 Å². The summed E-state index contributed by atoms with van der Waals surface area (Å²) in [5.74, 6) is 3.02. The maximum Gasteiger partial charge on any atom is 0.114 e. The summed E-state index contributed by atoms with van der Waals surface area (Å²) in [6.45, 7) is 7.10. The van der Waals surface area contributed by atoms with Gasteiger partial charge in [0.2, 0.25) is 0 Å². The Morgan fingerprint density at radius 3 is 2.50 bits per heavy atom. The molecule has 1 rings (SSSR count). The van der Waals surface area contributed by atoms with Crippen molar-refractivity contribution in [3.05, 3.63) is 23.7 Å². The van der Waals surface area contributed by atoms with Gasteiger partial charge in [0.25, 0.3) is 0 Å². The molecule has 80 valence electrons. The minimum Gasteiger partial charge on any atom is -0.465 e. The second kappa shape index (κ2) is 4.89. The molecule has 0 radical (unpaired) electrons. The average molecular weight is 213 g/mol. The smallest absolute Gasteiger partial charge is 0.114 e. The average Bonchev–Trinajstić information content (AvgIpc) is 2.63. The summed E-state index contributed by atoms with van der Waals surface area (Å²) < 4.78 is 5.75. The van der Waals surface area contributed by atoms with Crippen LogP contribution in [0.4, 0.5) is 0 Å². The maximum absolute atomic E-state index is 5.65. The molecule has 2 nitrogen and oxygen atoms in total. The second-order valence-electron chi connectivity index (χ2n) is 3.97. The van der Waals surface area contributed by atoms with Crippen LogP contribution in [0.1, 0.15) is 32.3 Å². The van der Waals surface area contributed by atoms with Gasteiger partial charge in [0.15, 0.2) is 0 Å². The van der Waals surface area contributed by atoms with Gasteiger partial charge in [-0.3, -0.25) is 0 Å². The van der Waals surface area contributed by atoms with Gasteiger partial charge in [-0.05, 0) is 26.0 Å². The number of hydrogen-bond acceptors (Lipinski definition) is 3. The number of rotatable bonds is 5. The van der Waals surface area contributed by atoms with Gasteiger partial charge in [0.05, 0.1) is 5.75 Å². The summed E-state index contributed by atoms with van der Waals surface area (Å²) >= 11 is 1.84. The van der Waals surface area contributed by atoms with Crippen molar-refractivity contribution in [2.24, 2.45) is 5.73 Å². The van der Waals surface area contributed by atoms with Gasteiger partial charge in [0.1, 0.15) is 11.5 Å². The first kappa shape index (κ1) is 11.7. The summed E-state index contributed by atoms with van der Waals surface area (Å²) in [7, 11) is 0. The van der Waals surface area contributed by atoms with Crippen molar-refractivity contribution in [3.63, 3.8) is 0 Å². The second-order valence-corrected chi connectivity index (χ2v) is 5.66. The van der Waals surface area contributed by atoms with E-state index in [4.69, 9.17) is 10.2 Å². The molecule has 0 fully saturated rings. The van der Waals surface area contributed by atoms with Crippen LogP contribution in [0.15, 0.2) is 16.5 Å². The first-order valence-electron chi connectivity index (χ1n) is 4.99. The van der Waals surface area contributed by atoms with Crippen molar-refractivity contribution < 1.29 is 4.42 Å². The normalized spacial score (nSPS) is 12.0. The number of aryl methyl sites for hydroxylation is 1. The van der Waals surface area contributed by atoms with Gasteiger partial charge in [-0.1, -0.05) is 6.92 Å². The highest BCUT2D eigenvalue weighted by atomic mass is 32.2. The zero-order chi connectivity index (χ0) is 10.6. The first-order valence-corrected chi connectivity index (χ1v) is 5.97. The van der Waals surface area contributed by atoms with Crippen molar-refractivity contribution in [2.75, 3.05) is 6.54 Å². The largest absolute Gasteiger partial charge is 0.465 e. The predicted molar refractivity (Wildman–Crippen MR) is 62.5 cm³/mol. The lowest BCUT2D eigenvalue weighted by molar-refractivity contribution is 0.485. The number of nitrogens with two attached hydrogens (primary N) is 1. The van der Waals surface area contributed by atoms with E-state index in [1.54, 1.807) is 0 Å². The number of furan rings is 1. The number of thioether (sulfide) groups is 1. The van der Waals surface area contributed by atoms with Crippen LogP contribution < -0.4 is 5.73 Å². The molecule has 0 spiro atoms. The minimum absolute atomic E-state index is 0.138. The molecule has 0 aliphatic carbocycles. The Morgan fingerprint density at radius 1 is 1.36 bits per heavy atom. The van der Waals surface area contributed by atoms with Crippen molar-refractivity contribution in [1.82, 2.24) is 0 Å². The lowest BCUT2D eigenvalue weighted by Crippen LogP contribution is -2.26. The Balaban J connectivity index is 2.45. The van der Waals surface area contributed by atoms with E-state index in [0.29, 0.717) is 6.54 Å². The van der Waals surface area contributed by atoms with Gasteiger partial charge < -0.3 is 10.2 Å². The molecule has 0 aliphatic rings. The molecule has 0 bridgehead atoms. The molecule has 0 atom stereocenters. The van der Waals surface area contributed by atoms with Gasteiger partial charge in [0, 0.05) is 17.7 Å². The van der Waals surface area contributed by atoms with E-state index in [2.05, 4.69) is 26.8 Å². The molecular formula is C11H19NOS. The summed E-state index contributed by atoms with van der Waals surface area (Å²) in [4.78, 5) is 0. The quantitative estimate of drug-likeness (QED) is 0.817. The van der Waals surface area contributed by atoms with E-state index < -0.39 is 0 Å². The summed E-state index contributed by atoms with van der Waals surface area (Å²) in [6.07, 6.45) is 0.963. The molecule has 0 saturated heterocycles. The first-order chi connectivity index (χ1) is 6.57. The van der Waals surface area contributed by atoms with Crippen LogP contribution in [0.25, 0.3) is 0 Å². The van der Waals surface area contributed by atoms with Gasteiger partial charge in [-0.15, -0.1) is 11.8 Å². The molecule has 1 aromatic heterocycles. The lowest BCUT2D eigenvalue weighted by atomic mass is 10.2. The Labute approximate surface area is 90.2 Å². The third-order valence-corrected chi connectivity index (χ3v) is 3.54. The van der Waals surface area contributed by atoms with Gasteiger partial charge in [-0.25, -0.2) is 0 Å². The third kappa shape index (κ3) is 3.39. The predicted octanol–water partition coefficient (Wildman–Crippen LogP) is 2.81. The fourth-order valence-corrected chi connectivity index (χ4v) is 1.82. The number of hydrogen-bond donors (Lipinski definition) is 1. The van der Waals surface area contributed by atoms with Crippen molar-refractivity contribution in [2.45, 2.75) is 37.7 Å². The molecule has 0 aliphatic heterocycles. The molecule has 0 amide bonds. The highest BCUT2D eigenvalue weighted by molar-refractivity contribution is 7.99. The Kier molecular flexibility index (Phi) is 4.08. The monoisotopic (exact) mass is 213 g/mol. The van der Waals surface area contributed by atoms with Gasteiger partial charge in [-0.2, -0.15) is 0 Å². The topological polar surface area (TPSA) is 39.2 Å². The SMILES string of the molecule is CCc1ccc(CSC(C)(C)CN)o1. The standard InChI is InChI=1S/C11H19NOS/c1-4-9-5-6-10(13-9)7-14-11(2,3)8-12/h5-6H,4,7-8,12H2,1-3H3. The van der Waals surface area contributed by atoms with Crippen molar-refractivity contribution >= 4 is 11.8 Å². The maximum atomic E-state index is 5.65. The van der Waals surface area contributed by atoms with Crippen LogP contribution in [-0.2, 0) is 12.2 Å². The van der Waals surface area contributed by atoms with Crippen LogP contribution in [-0.4, -0.2) is 11.3 Å². The highest BCUT2D eigenvalue weighted by Crippen LogP contribution is 2.27. The minimum atomic E-state index is 0.138. The molecule has 0 aromatic carbocycles. The van der Waals surface area contributed by atoms with Crippen LogP contribution in [0.3, 0.4) is 0 Å². The van der Waals surface area contributed by atoms with Crippen LogP contribution in [0.5, 0.6) is 0 Å². The van der Waals surface area contributed by atoms with E-state index >= 15 is 0 Å². The summed E-state index contributed by atoms with van der Waals surface area (Å²) in [5, 5.41) is 0. The Bertz CT molecular complexity index is 281. The molecular weight excluding hydrogens is 194 g/mol. The van der Waals surface area contributed by atoms with Gasteiger partial charge >= 0.3 is 0 Å². The molecule has 0 saturated carbocycles. The molecule has 1 aromatic rings. The Hall–Kier alpha value is -0.410. The zero-order valence-corrected chi connectivity index (χ0v) is 9.99. The Morgan fingerprint density at radius 2 is 2.00 bits per heavy atom. The van der Waals surface area contributed by atoms with E-state index in [1.165, 1.54) is 0 Å². The molecule has 3 heteroatoms. The lowest BCUT2D eigenvalue weighted by Gasteiger charge is -2.20. The van der Waals surface area contributed by atoms with Crippen molar-refractivity contribution in [1.29, 1.82) is 0 Å². The van der Waals surface area contributed by atoms with Crippen LogP contribution in [0.2, 0.25) is 0 Å². The summed E-state index contributed by atoms with van der Waals surface area (Å²) in [6, 6.07) is 4.10. The van der Waals surface area contributed by atoms with Crippen LogP contribution in [0, 0.1) is 0 Å². The van der Waals surface area contributed by atoms with E-state index in [-0.39, 0.29) is 4.75 Å². The van der Waals surface area contributed by atoms with Crippen LogP contribution >= 0.6 is 11.8 Å². The molecule has 2 N–H and O–H groups in total. The summed E-state index contributed by atoms with van der Waals surface area (Å²) in [5.41, 5.74) is 5.65. The fraction of sp³-hybridized carbons (Fsp3) is 0.636. The fourth-order valence-electron chi connectivity index (χ4n) is 1.02. The molecule has 1 heterocycles.